The quantitative estimate of drug-likeness (QED) is 0.623. The van der Waals surface area contributed by atoms with Crippen LogP contribution in [0.25, 0.3) is 0 Å². The van der Waals surface area contributed by atoms with Crippen molar-refractivity contribution in [3.05, 3.63) is 24.3 Å². The Morgan fingerprint density at radius 2 is 1.75 bits per heavy atom. The molecule has 0 heterocycles. The fourth-order valence-corrected chi connectivity index (χ4v) is 0.880. The molecule has 1 aromatic rings. The second-order valence-electron chi connectivity index (χ2n) is 3.00. The van der Waals surface area contributed by atoms with Crippen LogP contribution >= 0.6 is 0 Å². The van der Waals surface area contributed by atoms with Crippen molar-refractivity contribution in [1.82, 2.24) is 0 Å². The Balaban J connectivity index is 2.75. The van der Waals surface area contributed by atoms with Gasteiger partial charge in [-0.15, -0.1) is 0 Å². The molecule has 3 N–H and O–H groups in total. The summed E-state index contributed by atoms with van der Waals surface area (Å²) in [5.41, 5.74) is 5.64. The molecule has 1 amide bonds. The van der Waals surface area contributed by atoms with Gasteiger partial charge in [0.05, 0.1) is 0 Å². The largest absolute Gasteiger partial charge is 0.399 e. The van der Waals surface area contributed by atoms with Crippen LogP contribution in [0.4, 0.5) is 28.9 Å². The third kappa shape index (κ3) is 2.62. The van der Waals surface area contributed by atoms with Crippen LogP contribution in [0.1, 0.15) is 0 Å². The number of anilines is 2. The first kappa shape index (κ1) is 12.3. The molecule has 0 bridgehead atoms. The maximum atomic E-state index is 12.5. The Labute approximate surface area is 88.2 Å². The van der Waals surface area contributed by atoms with Crippen molar-refractivity contribution < 1.29 is 22.4 Å². The zero-order chi connectivity index (χ0) is 12.3. The predicted molar refractivity (Wildman–Crippen MR) is 50.4 cm³/mol. The molecule has 0 aliphatic rings. The van der Waals surface area contributed by atoms with E-state index in [0.29, 0.717) is 5.69 Å². The Kier molecular flexibility index (Phi) is 3.36. The van der Waals surface area contributed by atoms with Crippen LogP contribution in [0.5, 0.6) is 0 Å². The van der Waals surface area contributed by atoms with Gasteiger partial charge in [0, 0.05) is 11.4 Å². The highest BCUT2D eigenvalue weighted by Gasteiger charge is 2.48. The summed E-state index contributed by atoms with van der Waals surface area (Å²) < 4.78 is 48.6. The topological polar surface area (TPSA) is 55.1 Å². The smallest absolute Gasteiger partial charge is 0.383 e. The Hall–Kier alpha value is -1.79. The fourth-order valence-electron chi connectivity index (χ4n) is 0.880. The summed E-state index contributed by atoms with van der Waals surface area (Å²) >= 11 is 0. The number of carbonyl (C=O) groups is 1. The van der Waals surface area contributed by atoms with Crippen molar-refractivity contribution in [2.24, 2.45) is 0 Å². The molecular formula is C9H8F4N2O. The van der Waals surface area contributed by atoms with Crippen LogP contribution < -0.4 is 11.1 Å². The number of hydrogen-bond acceptors (Lipinski definition) is 2. The molecule has 0 atom stereocenters. The lowest BCUT2D eigenvalue weighted by molar-refractivity contribution is -0.163. The van der Waals surface area contributed by atoms with E-state index in [4.69, 9.17) is 5.73 Å². The van der Waals surface area contributed by atoms with Crippen LogP contribution in [-0.2, 0) is 4.79 Å². The molecule has 0 spiro atoms. The number of nitrogen functional groups attached to an aromatic ring is 1. The van der Waals surface area contributed by atoms with Crippen LogP contribution in [0.15, 0.2) is 24.3 Å². The van der Waals surface area contributed by atoms with Gasteiger partial charge in [-0.1, -0.05) is 0 Å². The number of carbonyl (C=O) groups excluding carboxylic acids is 1. The van der Waals surface area contributed by atoms with Gasteiger partial charge in [-0.25, -0.2) is 8.78 Å². The maximum absolute atomic E-state index is 12.5. The second-order valence-corrected chi connectivity index (χ2v) is 3.00. The van der Waals surface area contributed by atoms with E-state index in [1.165, 1.54) is 24.3 Å². The molecule has 3 nitrogen and oxygen atoms in total. The number of halogens is 4. The molecular weight excluding hydrogens is 228 g/mol. The zero-order valence-electron chi connectivity index (χ0n) is 7.88. The summed E-state index contributed by atoms with van der Waals surface area (Å²) in [5.74, 6) is -6.76. The van der Waals surface area contributed by atoms with Crippen LogP contribution in [0.2, 0.25) is 0 Å². The van der Waals surface area contributed by atoms with Gasteiger partial charge in [0.1, 0.15) is 0 Å². The van der Waals surface area contributed by atoms with E-state index in [2.05, 4.69) is 0 Å². The first-order valence-electron chi connectivity index (χ1n) is 4.17. The Morgan fingerprint density at radius 1 is 1.25 bits per heavy atom. The number of hydrogen-bond donors (Lipinski definition) is 2. The van der Waals surface area contributed by atoms with Crippen molar-refractivity contribution in [2.75, 3.05) is 11.1 Å². The standard InChI is InChI=1S/C9H8F4N2O/c10-7(11)9(12,13)8(16)15-6-3-1-5(14)2-4-6/h1-4,7H,14H2,(H,15,16). The molecule has 1 rings (SSSR count). The molecule has 0 radical (unpaired) electrons. The Bertz CT molecular complexity index is 378. The lowest BCUT2D eigenvalue weighted by Crippen LogP contribution is -2.40. The van der Waals surface area contributed by atoms with Crippen LogP contribution in [-0.4, -0.2) is 18.3 Å². The first-order valence-corrected chi connectivity index (χ1v) is 4.17. The first-order chi connectivity index (χ1) is 7.34. The lowest BCUT2D eigenvalue weighted by atomic mass is 10.2. The summed E-state index contributed by atoms with van der Waals surface area (Å²) in [6.45, 7) is 0. The fraction of sp³-hybridized carbons (Fsp3) is 0.222. The van der Waals surface area contributed by atoms with Crippen molar-refractivity contribution in [2.45, 2.75) is 12.3 Å². The highest BCUT2D eigenvalue weighted by Crippen LogP contribution is 2.24. The molecule has 7 heteroatoms. The minimum Gasteiger partial charge on any atom is -0.399 e. The lowest BCUT2D eigenvalue weighted by Gasteiger charge is -2.14. The molecule has 0 saturated carbocycles. The number of amides is 1. The van der Waals surface area contributed by atoms with Gasteiger partial charge < -0.3 is 11.1 Å². The van der Waals surface area contributed by atoms with Crippen LogP contribution in [0, 0.1) is 0 Å². The molecule has 0 saturated heterocycles. The Morgan fingerprint density at radius 3 is 2.19 bits per heavy atom. The van der Waals surface area contributed by atoms with Gasteiger partial charge in [0.2, 0.25) is 0 Å². The third-order valence-corrected chi connectivity index (χ3v) is 1.75. The second kappa shape index (κ2) is 4.38. The van der Waals surface area contributed by atoms with Gasteiger partial charge in [0.25, 0.3) is 0 Å². The van der Waals surface area contributed by atoms with E-state index >= 15 is 0 Å². The predicted octanol–water partition coefficient (Wildman–Crippen LogP) is 2.11. The van der Waals surface area contributed by atoms with Crippen molar-refractivity contribution in [3.8, 4) is 0 Å². The average Bonchev–Trinajstić information content (AvgIpc) is 2.21. The SMILES string of the molecule is Nc1ccc(NC(=O)C(F)(F)C(F)F)cc1. The van der Waals surface area contributed by atoms with Gasteiger partial charge in [-0.3, -0.25) is 4.79 Å². The van der Waals surface area contributed by atoms with Crippen LogP contribution in [0.3, 0.4) is 0 Å². The molecule has 88 valence electrons. The number of benzene rings is 1. The van der Waals surface area contributed by atoms with Crippen molar-refractivity contribution in [1.29, 1.82) is 0 Å². The molecule has 16 heavy (non-hydrogen) atoms. The van der Waals surface area contributed by atoms with Crippen molar-refractivity contribution >= 4 is 17.3 Å². The zero-order valence-corrected chi connectivity index (χ0v) is 7.88. The summed E-state index contributed by atoms with van der Waals surface area (Å²) in [7, 11) is 0. The average molecular weight is 236 g/mol. The van der Waals surface area contributed by atoms with Gasteiger partial charge >= 0.3 is 18.3 Å². The minimum absolute atomic E-state index is 0.0282. The van der Waals surface area contributed by atoms with Gasteiger partial charge in [-0.2, -0.15) is 8.78 Å². The van der Waals surface area contributed by atoms with E-state index in [1.807, 2.05) is 0 Å². The molecule has 0 aromatic heterocycles. The molecule has 0 unspecified atom stereocenters. The van der Waals surface area contributed by atoms with Gasteiger partial charge in [0.15, 0.2) is 0 Å². The van der Waals surface area contributed by atoms with Gasteiger partial charge in [-0.05, 0) is 24.3 Å². The van der Waals surface area contributed by atoms with E-state index in [-0.39, 0.29) is 5.69 Å². The number of nitrogens with two attached hydrogens (primary N) is 1. The molecule has 0 fully saturated rings. The molecule has 0 aliphatic heterocycles. The van der Waals surface area contributed by atoms with E-state index in [0.717, 1.165) is 0 Å². The van der Waals surface area contributed by atoms with E-state index < -0.39 is 18.3 Å². The summed E-state index contributed by atoms with van der Waals surface area (Å²) in [6, 6.07) is 5.15. The minimum atomic E-state index is -4.71. The van der Waals surface area contributed by atoms with Crippen molar-refractivity contribution in [3.63, 3.8) is 0 Å². The highest BCUT2D eigenvalue weighted by molar-refractivity contribution is 5.96. The normalized spacial score (nSPS) is 11.6. The molecule has 1 aromatic carbocycles. The highest BCUT2D eigenvalue weighted by atomic mass is 19.3. The summed E-state index contributed by atoms with van der Waals surface area (Å²) in [5, 5.41) is 1.67. The summed E-state index contributed by atoms with van der Waals surface area (Å²) in [4.78, 5) is 10.8. The monoisotopic (exact) mass is 236 g/mol. The summed E-state index contributed by atoms with van der Waals surface area (Å²) in [6.07, 6.45) is -4.04. The number of rotatable bonds is 3. The van der Waals surface area contributed by atoms with E-state index in [1.54, 1.807) is 5.32 Å². The number of alkyl halides is 4. The molecule has 0 aliphatic carbocycles. The third-order valence-electron chi connectivity index (χ3n) is 1.75. The number of nitrogens with one attached hydrogen (secondary N) is 1. The maximum Gasteiger partial charge on any atom is 0.383 e. The van der Waals surface area contributed by atoms with E-state index in [9.17, 15) is 22.4 Å².